The van der Waals surface area contributed by atoms with Gasteiger partial charge >= 0.3 is 0 Å². The van der Waals surface area contributed by atoms with Gasteiger partial charge in [-0.3, -0.25) is 4.79 Å². The molecular formula is C13H19N3O2. The minimum atomic E-state index is -0.107. The van der Waals surface area contributed by atoms with E-state index in [1.165, 1.54) is 6.20 Å². The molecule has 1 fully saturated rings. The quantitative estimate of drug-likeness (QED) is 0.840. The summed E-state index contributed by atoms with van der Waals surface area (Å²) in [7, 11) is 0. The number of rotatable bonds is 4. The molecule has 0 radical (unpaired) electrons. The number of hydrogen-bond donors (Lipinski definition) is 2. The Morgan fingerprint density at radius 1 is 1.61 bits per heavy atom. The first-order valence-corrected chi connectivity index (χ1v) is 6.32. The van der Waals surface area contributed by atoms with Crippen LogP contribution in [0.3, 0.4) is 0 Å². The molecule has 5 nitrogen and oxygen atoms in total. The van der Waals surface area contributed by atoms with Crippen molar-refractivity contribution in [3.8, 4) is 0 Å². The molecule has 1 aromatic rings. The van der Waals surface area contributed by atoms with Crippen molar-refractivity contribution in [2.75, 3.05) is 18.9 Å². The molecule has 18 heavy (non-hydrogen) atoms. The SMILES string of the molecule is CCC1OCCC1CNC(=O)c1ccc(N)nc1. The molecule has 0 saturated carbocycles. The number of nitrogens with two attached hydrogens (primary N) is 1. The maximum Gasteiger partial charge on any atom is 0.252 e. The van der Waals surface area contributed by atoms with Gasteiger partial charge in [-0.1, -0.05) is 6.92 Å². The highest BCUT2D eigenvalue weighted by atomic mass is 16.5. The Kier molecular flexibility index (Phi) is 4.15. The lowest BCUT2D eigenvalue weighted by Crippen LogP contribution is -2.32. The van der Waals surface area contributed by atoms with E-state index in [-0.39, 0.29) is 12.0 Å². The van der Waals surface area contributed by atoms with E-state index in [1.54, 1.807) is 12.1 Å². The van der Waals surface area contributed by atoms with Crippen LogP contribution in [0.15, 0.2) is 18.3 Å². The van der Waals surface area contributed by atoms with Crippen molar-refractivity contribution < 1.29 is 9.53 Å². The molecule has 1 aromatic heterocycles. The van der Waals surface area contributed by atoms with Crippen LogP contribution in [0.25, 0.3) is 0 Å². The van der Waals surface area contributed by atoms with Gasteiger partial charge in [0.05, 0.1) is 11.7 Å². The number of nitrogens with one attached hydrogen (secondary N) is 1. The van der Waals surface area contributed by atoms with Crippen LogP contribution in [-0.2, 0) is 4.74 Å². The molecule has 98 valence electrons. The van der Waals surface area contributed by atoms with Gasteiger partial charge in [0.15, 0.2) is 0 Å². The minimum absolute atomic E-state index is 0.107. The number of hydrogen-bond acceptors (Lipinski definition) is 4. The smallest absolute Gasteiger partial charge is 0.252 e. The third-order valence-corrected chi connectivity index (χ3v) is 3.32. The van der Waals surface area contributed by atoms with E-state index < -0.39 is 0 Å². The number of nitrogens with zero attached hydrogens (tertiary/aromatic N) is 1. The molecule has 2 rings (SSSR count). The van der Waals surface area contributed by atoms with Crippen LogP contribution in [0.5, 0.6) is 0 Å². The van der Waals surface area contributed by atoms with Gasteiger partial charge in [0.1, 0.15) is 5.82 Å². The number of ether oxygens (including phenoxy) is 1. The molecule has 2 heterocycles. The molecule has 5 heteroatoms. The Hall–Kier alpha value is -1.62. The number of carbonyl (C=O) groups is 1. The van der Waals surface area contributed by atoms with Crippen molar-refractivity contribution >= 4 is 11.7 Å². The van der Waals surface area contributed by atoms with Crippen molar-refractivity contribution in [3.63, 3.8) is 0 Å². The predicted octanol–water partition coefficient (Wildman–Crippen LogP) is 1.21. The first kappa shape index (κ1) is 12.8. The fourth-order valence-electron chi connectivity index (χ4n) is 2.24. The monoisotopic (exact) mass is 249 g/mol. The van der Waals surface area contributed by atoms with Crippen LogP contribution in [0.4, 0.5) is 5.82 Å². The molecule has 1 aliphatic heterocycles. The molecule has 1 saturated heterocycles. The average molecular weight is 249 g/mol. The van der Waals surface area contributed by atoms with Crippen molar-refractivity contribution in [3.05, 3.63) is 23.9 Å². The molecular weight excluding hydrogens is 230 g/mol. The number of pyridine rings is 1. The summed E-state index contributed by atoms with van der Waals surface area (Å²) >= 11 is 0. The number of carbonyl (C=O) groups excluding carboxylic acids is 1. The third-order valence-electron chi connectivity index (χ3n) is 3.32. The highest BCUT2D eigenvalue weighted by molar-refractivity contribution is 5.93. The van der Waals surface area contributed by atoms with Crippen molar-refractivity contribution in [1.29, 1.82) is 0 Å². The van der Waals surface area contributed by atoms with Gasteiger partial charge in [-0.05, 0) is 25.0 Å². The fraction of sp³-hybridized carbons (Fsp3) is 0.538. The van der Waals surface area contributed by atoms with Crippen molar-refractivity contribution in [2.24, 2.45) is 5.92 Å². The summed E-state index contributed by atoms with van der Waals surface area (Å²) in [6.07, 6.45) is 3.77. The zero-order valence-corrected chi connectivity index (χ0v) is 10.6. The second-order valence-corrected chi connectivity index (χ2v) is 4.55. The highest BCUT2D eigenvalue weighted by Crippen LogP contribution is 2.22. The molecule has 0 bridgehead atoms. The lowest BCUT2D eigenvalue weighted by Gasteiger charge is -2.17. The first-order chi connectivity index (χ1) is 8.70. The summed E-state index contributed by atoms with van der Waals surface area (Å²) in [6, 6.07) is 3.31. The number of amides is 1. The van der Waals surface area contributed by atoms with Gasteiger partial charge in [0.2, 0.25) is 0 Å². The van der Waals surface area contributed by atoms with Gasteiger partial charge in [0.25, 0.3) is 5.91 Å². The predicted molar refractivity (Wildman–Crippen MR) is 69.1 cm³/mol. The number of anilines is 1. The Labute approximate surface area is 107 Å². The van der Waals surface area contributed by atoms with Crippen LogP contribution < -0.4 is 11.1 Å². The zero-order chi connectivity index (χ0) is 13.0. The van der Waals surface area contributed by atoms with E-state index in [1.807, 2.05) is 0 Å². The molecule has 2 atom stereocenters. The maximum atomic E-state index is 11.9. The van der Waals surface area contributed by atoms with Crippen LogP contribution in [0.2, 0.25) is 0 Å². The molecule has 0 spiro atoms. The lowest BCUT2D eigenvalue weighted by molar-refractivity contribution is 0.0827. The van der Waals surface area contributed by atoms with E-state index >= 15 is 0 Å². The maximum absolute atomic E-state index is 11.9. The Balaban J connectivity index is 1.86. The Bertz CT molecular complexity index is 405. The van der Waals surface area contributed by atoms with E-state index in [4.69, 9.17) is 10.5 Å². The summed E-state index contributed by atoms with van der Waals surface area (Å²) < 4.78 is 5.59. The van der Waals surface area contributed by atoms with Gasteiger partial charge < -0.3 is 15.8 Å². The molecule has 1 amide bonds. The third kappa shape index (κ3) is 2.98. The van der Waals surface area contributed by atoms with E-state index in [0.717, 1.165) is 19.4 Å². The summed E-state index contributed by atoms with van der Waals surface area (Å²) in [6.45, 7) is 3.55. The summed E-state index contributed by atoms with van der Waals surface area (Å²) in [5.41, 5.74) is 6.02. The highest BCUT2D eigenvalue weighted by Gasteiger charge is 2.26. The summed E-state index contributed by atoms with van der Waals surface area (Å²) in [4.78, 5) is 15.8. The molecule has 2 unspecified atom stereocenters. The summed E-state index contributed by atoms with van der Waals surface area (Å²) in [5.74, 6) is 0.728. The fourth-order valence-corrected chi connectivity index (χ4v) is 2.24. The van der Waals surface area contributed by atoms with Crippen molar-refractivity contribution in [1.82, 2.24) is 10.3 Å². The number of nitrogen functional groups attached to an aromatic ring is 1. The van der Waals surface area contributed by atoms with Crippen LogP contribution in [-0.4, -0.2) is 30.1 Å². The largest absolute Gasteiger partial charge is 0.384 e. The standard InChI is InChI=1S/C13H19N3O2/c1-2-11-9(5-6-18-11)7-16-13(17)10-3-4-12(14)15-8-10/h3-4,8-9,11H,2,5-7H2,1H3,(H2,14,15)(H,16,17). The normalized spacial score (nSPS) is 22.9. The second kappa shape index (κ2) is 5.82. The average Bonchev–Trinajstić information content (AvgIpc) is 2.84. The first-order valence-electron chi connectivity index (χ1n) is 6.32. The van der Waals surface area contributed by atoms with Crippen LogP contribution in [0.1, 0.15) is 30.1 Å². The van der Waals surface area contributed by atoms with E-state index in [9.17, 15) is 4.79 Å². The molecule has 0 aromatic carbocycles. The minimum Gasteiger partial charge on any atom is -0.384 e. The van der Waals surface area contributed by atoms with Crippen molar-refractivity contribution in [2.45, 2.75) is 25.9 Å². The molecule has 1 aliphatic rings. The Morgan fingerprint density at radius 2 is 2.44 bits per heavy atom. The van der Waals surface area contributed by atoms with Gasteiger partial charge in [-0.25, -0.2) is 4.98 Å². The molecule has 3 N–H and O–H groups in total. The van der Waals surface area contributed by atoms with Gasteiger partial charge in [0, 0.05) is 25.3 Å². The number of aromatic nitrogens is 1. The lowest BCUT2D eigenvalue weighted by atomic mass is 9.99. The molecule has 0 aliphatic carbocycles. The second-order valence-electron chi connectivity index (χ2n) is 4.55. The van der Waals surface area contributed by atoms with Crippen LogP contribution >= 0.6 is 0 Å². The Morgan fingerprint density at radius 3 is 3.11 bits per heavy atom. The van der Waals surface area contributed by atoms with E-state index in [0.29, 0.717) is 23.8 Å². The van der Waals surface area contributed by atoms with Gasteiger partial charge in [-0.2, -0.15) is 0 Å². The van der Waals surface area contributed by atoms with Gasteiger partial charge in [-0.15, -0.1) is 0 Å². The van der Waals surface area contributed by atoms with E-state index in [2.05, 4.69) is 17.2 Å². The van der Waals surface area contributed by atoms with Crippen LogP contribution in [0, 0.1) is 5.92 Å². The summed E-state index contributed by atoms with van der Waals surface area (Å²) in [5, 5.41) is 2.92. The topological polar surface area (TPSA) is 77.2 Å². The zero-order valence-electron chi connectivity index (χ0n) is 10.6.